The Kier molecular flexibility index (Phi) is 4.48. The third-order valence-electron chi connectivity index (χ3n) is 5.92. The highest BCUT2D eigenvalue weighted by molar-refractivity contribution is 5.87. The van der Waals surface area contributed by atoms with E-state index in [2.05, 4.69) is 26.9 Å². The fraction of sp³-hybridized carbons (Fsp3) is 0.778. The molecule has 1 N–H and O–H groups in total. The predicted octanol–water partition coefficient (Wildman–Crippen LogP) is 2.50. The van der Waals surface area contributed by atoms with E-state index in [1.807, 2.05) is 6.20 Å². The van der Waals surface area contributed by atoms with Crippen LogP contribution in [0.4, 0.5) is 5.69 Å². The summed E-state index contributed by atoms with van der Waals surface area (Å²) in [5.41, 5.74) is 2.19. The molecule has 3 aliphatic rings. The van der Waals surface area contributed by atoms with Crippen LogP contribution in [0.5, 0.6) is 0 Å². The lowest BCUT2D eigenvalue weighted by molar-refractivity contribution is -0.131. The van der Waals surface area contributed by atoms with Gasteiger partial charge in [-0.05, 0) is 39.0 Å². The lowest BCUT2D eigenvalue weighted by atomic mass is 10.1. The van der Waals surface area contributed by atoms with E-state index in [9.17, 15) is 4.79 Å². The van der Waals surface area contributed by atoms with Gasteiger partial charge >= 0.3 is 0 Å². The number of hydrogen-bond donors (Lipinski definition) is 1. The molecule has 6 heteroatoms. The van der Waals surface area contributed by atoms with Crippen LogP contribution in [0.3, 0.4) is 0 Å². The molecule has 3 fully saturated rings. The van der Waals surface area contributed by atoms with Gasteiger partial charge in [0.25, 0.3) is 0 Å². The van der Waals surface area contributed by atoms with Gasteiger partial charge < -0.3 is 15.0 Å². The van der Waals surface area contributed by atoms with Crippen LogP contribution in [0.1, 0.15) is 56.7 Å². The van der Waals surface area contributed by atoms with Gasteiger partial charge in [-0.25, -0.2) is 0 Å². The van der Waals surface area contributed by atoms with Gasteiger partial charge in [-0.1, -0.05) is 12.8 Å². The molecule has 0 radical (unpaired) electrons. The Hall–Kier alpha value is -1.56. The van der Waals surface area contributed by atoms with Crippen LogP contribution in [-0.4, -0.2) is 52.4 Å². The zero-order valence-electron chi connectivity index (χ0n) is 14.5. The fourth-order valence-corrected chi connectivity index (χ4v) is 4.47. The van der Waals surface area contributed by atoms with Gasteiger partial charge in [0.1, 0.15) is 6.04 Å². The molecule has 1 aromatic heterocycles. The van der Waals surface area contributed by atoms with Crippen molar-refractivity contribution in [1.29, 1.82) is 0 Å². The summed E-state index contributed by atoms with van der Waals surface area (Å²) in [6.45, 7) is 4.53. The summed E-state index contributed by atoms with van der Waals surface area (Å²) in [5, 5.41) is 8.05. The molecule has 24 heavy (non-hydrogen) atoms. The van der Waals surface area contributed by atoms with Crippen molar-refractivity contribution in [2.75, 3.05) is 25.1 Å². The summed E-state index contributed by atoms with van der Waals surface area (Å²) >= 11 is 0. The second-order valence-corrected chi connectivity index (χ2v) is 7.39. The average molecular weight is 332 g/mol. The standard InChI is InChI=1S/C18H28N4O2/c1-13-17(12-19-22(13)15-4-2-3-5-15)20-16-6-9-21(18(16)23)14-7-10-24-11-8-14/h12,14-16,20H,2-11H2,1H3. The van der Waals surface area contributed by atoms with Crippen molar-refractivity contribution < 1.29 is 9.53 Å². The first-order valence-electron chi connectivity index (χ1n) is 9.43. The third-order valence-corrected chi connectivity index (χ3v) is 5.92. The highest BCUT2D eigenvalue weighted by Crippen LogP contribution is 2.32. The van der Waals surface area contributed by atoms with E-state index in [1.165, 1.54) is 31.4 Å². The summed E-state index contributed by atoms with van der Waals surface area (Å²) in [4.78, 5) is 14.8. The van der Waals surface area contributed by atoms with Gasteiger partial charge in [-0.3, -0.25) is 9.48 Å². The Bertz CT molecular complexity index is 588. The van der Waals surface area contributed by atoms with E-state index < -0.39 is 0 Å². The highest BCUT2D eigenvalue weighted by atomic mass is 16.5. The minimum atomic E-state index is -0.104. The fourth-order valence-electron chi connectivity index (χ4n) is 4.47. The average Bonchev–Trinajstić information content (AvgIpc) is 3.32. The number of nitrogens with one attached hydrogen (secondary N) is 1. The van der Waals surface area contributed by atoms with Crippen molar-refractivity contribution in [3.05, 3.63) is 11.9 Å². The molecular formula is C18H28N4O2. The van der Waals surface area contributed by atoms with Crippen LogP contribution in [0.2, 0.25) is 0 Å². The molecule has 1 amide bonds. The summed E-state index contributed by atoms with van der Waals surface area (Å²) < 4.78 is 7.58. The number of aromatic nitrogens is 2. The maximum Gasteiger partial charge on any atom is 0.245 e. The number of nitrogens with zero attached hydrogens (tertiary/aromatic N) is 3. The van der Waals surface area contributed by atoms with Crippen molar-refractivity contribution in [2.24, 2.45) is 0 Å². The van der Waals surface area contributed by atoms with Crippen LogP contribution in [0.15, 0.2) is 6.20 Å². The van der Waals surface area contributed by atoms with Gasteiger partial charge in [-0.2, -0.15) is 5.10 Å². The first-order chi connectivity index (χ1) is 11.7. The molecule has 0 bridgehead atoms. The first-order valence-corrected chi connectivity index (χ1v) is 9.43. The minimum Gasteiger partial charge on any atom is -0.381 e. The van der Waals surface area contributed by atoms with E-state index in [-0.39, 0.29) is 11.9 Å². The first kappa shape index (κ1) is 15.9. The highest BCUT2D eigenvalue weighted by Gasteiger charge is 2.36. The van der Waals surface area contributed by atoms with E-state index >= 15 is 0 Å². The van der Waals surface area contributed by atoms with E-state index in [4.69, 9.17) is 4.74 Å². The van der Waals surface area contributed by atoms with Crippen molar-refractivity contribution in [3.63, 3.8) is 0 Å². The van der Waals surface area contributed by atoms with Crippen LogP contribution in [0.25, 0.3) is 0 Å². The Balaban J connectivity index is 1.41. The van der Waals surface area contributed by atoms with Crippen LogP contribution in [0, 0.1) is 6.92 Å². The van der Waals surface area contributed by atoms with Crippen LogP contribution < -0.4 is 5.32 Å². The van der Waals surface area contributed by atoms with Crippen molar-refractivity contribution >= 4 is 11.6 Å². The van der Waals surface area contributed by atoms with Gasteiger partial charge in [0, 0.05) is 25.8 Å². The van der Waals surface area contributed by atoms with Gasteiger partial charge in [-0.15, -0.1) is 0 Å². The van der Waals surface area contributed by atoms with Crippen molar-refractivity contribution in [2.45, 2.75) is 70.0 Å². The molecule has 1 saturated carbocycles. The molecule has 1 aliphatic carbocycles. The molecule has 0 aromatic carbocycles. The minimum absolute atomic E-state index is 0.104. The summed E-state index contributed by atoms with van der Waals surface area (Å²) in [7, 11) is 0. The summed E-state index contributed by atoms with van der Waals surface area (Å²) in [6, 6.07) is 0.798. The molecule has 1 aromatic rings. The molecule has 132 valence electrons. The topological polar surface area (TPSA) is 59.4 Å². The maximum atomic E-state index is 12.8. The zero-order valence-corrected chi connectivity index (χ0v) is 14.5. The number of amides is 1. The monoisotopic (exact) mass is 332 g/mol. The van der Waals surface area contributed by atoms with Gasteiger partial charge in [0.05, 0.1) is 23.6 Å². The molecule has 6 nitrogen and oxygen atoms in total. The number of likely N-dealkylation sites (tertiary alicyclic amines) is 1. The number of ether oxygens (including phenoxy) is 1. The summed E-state index contributed by atoms with van der Waals surface area (Å²) in [5.74, 6) is 0.245. The largest absolute Gasteiger partial charge is 0.381 e. The van der Waals surface area contributed by atoms with Crippen molar-refractivity contribution in [1.82, 2.24) is 14.7 Å². The zero-order chi connectivity index (χ0) is 16.5. The predicted molar refractivity (Wildman–Crippen MR) is 92.1 cm³/mol. The van der Waals surface area contributed by atoms with E-state index in [0.717, 1.165) is 44.7 Å². The second-order valence-electron chi connectivity index (χ2n) is 7.39. The van der Waals surface area contributed by atoms with Crippen LogP contribution in [-0.2, 0) is 9.53 Å². The normalized spacial score (nSPS) is 26.5. The van der Waals surface area contributed by atoms with Crippen LogP contribution >= 0.6 is 0 Å². The number of anilines is 1. The number of carbonyl (C=O) groups excluding carboxylic acids is 1. The van der Waals surface area contributed by atoms with E-state index in [1.54, 1.807) is 0 Å². The SMILES string of the molecule is Cc1c(NC2CCN(C3CCOCC3)C2=O)cnn1C1CCCC1. The molecule has 2 saturated heterocycles. The third kappa shape index (κ3) is 2.92. The molecule has 3 heterocycles. The smallest absolute Gasteiger partial charge is 0.245 e. The Morgan fingerprint density at radius 2 is 1.88 bits per heavy atom. The summed E-state index contributed by atoms with van der Waals surface area (Å²) in [6.07, 6.45) is 9.77. The van der Waals surface area contributed by atoms with Gasteiger partial charge in [0.2, 0.25) is 5.91 Å². The van der Waals surface area contributed by atoms with E-state index in [0.29, 0.717) is 12.1 Å². The number of carbonyl (C=O) groups is 1. The molecular weight excluding hydrogens is 304 g/mol. The maximum absolute atomic E-state index is 12.8. The Morgan fingerprint density at radius 3 is 2.62 bits per heavy atom. The molecule has 1 unspecified atom stereocenters. The lowest BCUT2D eigenvalue weighted by Gasteiger charge is -2.31. The Labute approximate surface area is 143 Å². The lowest BCUT2D eigenvalue weighted by Crippen LogP contribution is -2.43. The quantitative estimate of drug-likeness (QED) is 0.920. The van der Waals surface area contributed by atoms with Crippen molar-refractivity contribution in [3.8, 4) is 0 Å². The Morgan fingerprint density at radius 1 is 1.12 bits per heavy atom. The second kappa shape index (κ2) is 6.75. The van der Waals surface area contributed by atoms with Gasteiger partial charge in [0.15, 0.2) is 0 Å². The molecule has 4 rings (SSSR count). The number of rotatable bonds is 4. The molecule has 0 spiro atoms. The number of hydrogen-bond acceptors (Lipinski definition) is 4. The molecule has 1 atom stereocenters. The molecule has 2 aliphatic heterocycles.